The largest absolute Gasteiger partial charge is 0.496 e. The first-order chi connectivity index (χ1) is 8.63. The number of hydrogen-bond donors (Lipinski definition) is 2. The Morgan fingerprint density at radius 3 is 2.78 bits per heavy atom. The Bertz CT molecular complexity index is 522. The average Bonchev–Trinajstić information content (AvgIpc) is 2.87. The van der Waals surface area contributed by atoms with Crippen molar-refractivity contribution in [3.8, 4) is 5.75 Å². The zero-order chi connectivity index (χ0) is 13.1. The van der Waals surface area contributed by atoms with Crippen LogP contribution in [0.3, 0.4) is 0 Å². The van der Waals surface area contributed by atoms with Crippen molar-refractivity contribution in [3.63, 3.8) is 0 Å². The van der Waals surface area contributed by atoms with Gasteiger partial charge >= 0.3 is 0 Å². The molecule has 0 aliphatic carbocycles. The second kappa shape index (κ2) is 5.18. The number of H-pyrrole nitrogens is 1. The Morgan fingerprint density at radius 1 is 1.39 bits per heavy atom. The molecule has 2 rings (SSSR count). The SMILES string of the molecule is COc1c(C)cnc(CC(N)c2ncc[nH]2)c1C. The molecule has 0 aromatic carbocycles. The summed E-state index contributed by atoms with van der Waals surface area (Å²) in [7, 11) is 1.67. The van der Waals surface area contributed by atoms with Gasteiger partial charge in [0.1, 0.15) is 11.6 Å². The van der Waals surface area contributed by atoms with Crippen LogP contribution in [0.4, 0.5) is 0 Å². The molecule has 1 atom stereocenters. The standard InChI is InChI=1S/C13H18N4O/c1-8-7-17-11(9(2)12(8)18-3)6-10(14)13-15-4-5-16-13/h4-5,7,10H,6,14H2,1-3H3,(H,15,16). The minimum atomic E-state index is -0.182. The van der Waals surface area contributed by atoms with Crippen molar-refractivity contribution in [2.24, 2.45) is 5.73 Å². The number of aryl methyl sites for hydroxylation is 1. The van der Waals surface area contributed by atoms with E-state index < -0.39 is 0 Å². The van der Waals surface area contributed by atoms with Crippen molar-refractivity contribution in [2.75, 3.05) is 7.11 Å². The molecule has 0 saturated heterocycles. The number of rotatable bonds is 4. The number of nitrogens with two attached hydrogens (primary N) is 1. The molecule has 2 aromatic rings. The molecule has 0 aliphatic heterocycles. The number of aromatic nitrogens is 3. The Labute approximate surface area is 106 Å². The molecule has 5 heteroatoms. The number of aromatic amines is 1. The Morgan fingerprint density at radius 2 is 2.17 bits per heavy atom. The molecular formula is C13H18N4O. The normalized spacial score (nSPS) is 12.4. The van der Waals surface area contributed by atoms with Crippen LogP contribution in [0.25, 0.3) is 0 Å². The lowest BCUT2D eigenvalue weighted by atomic mass is 10.0. The van der Waals surface area contributed by atoms with Gasteiger partial charge in [-0.05, 0) is 13.8 Å². The summed E-state index contributed by atoms with van der Waals surface area (Å²) in [4.78, 5) is 11.6. The van der Waals surface area contributed by atoms with Crippen molar-refractivity contribution < 1.29 is 4.74 Å². The highest BCUT2D eigenvalue weighted by Gasteiger charge is 2.15. The maximum atomic E-state index is 6.10. The van der Waals surface area contributed by atoms with E-state index in [4.69, 9.17) is 10.5 Å². The van der Waals surface area contributed by atoms with Crippen LogP contribution >= 0.6 is 0 Å². The summed E-state index contributed by atoms with van der Waals surface area (Å²) < 4.78 is 5.38. The number of methoxy groups -OCH3 is 1. The molecule has 1 unspecified atom stereocenters. The third-order valence-corrected chi connectivity index (χ3v) is 3.03. The van der Waals surface area contributed by atoms with Gasteiger partial charge < -0.3 is 15.5 Å². The van der Waals surface area contributed by atoms with Crippen molar-refractivity contribution in [1.82, 2.24) is 15.0 Å². The van der Waals surface area contributed by atoms with Crippen LogP contribution in [0.15, 0.2) is 18.6 Å². The molecule has 0 radical (unpaired) electrons. The van der Waals surface area contributed by atoms with Gasteiger partial charge in [0.15, 0.2) is 0 Å². The van der Waals surface area contributed by atoms with Gasteiger partial charge in [-0.2, -0.15) is 0 Å². The lowest BCUT2D eigenvalue weighted by molar-refractivity contribution is 0.406. The third-order valence-electron chi connectivity index (χ3n) is 3.03. The van der Waals surface area contributed by atoms with E-state index in [1.54, 1.807) is 19.5 Å². The molecule has 2 heterocycles. The van der Waals surface area contributed by atoms with Crippen LogP contribution in [0.5, 0.6) is 5.75 Å². The number of pyridine rings is 1. The van der Waals surface area contributed by atoms with Crippen LogP contribution in [-0.4, -0.2) is 22.1 Å². The van der Waals surface area contributed by atoms with Gasteiger partial charge in [-0.3, -0.25) is 4.98 Å². The molecule has 0 saturated carbocycles. The predicted octanol–water partition coefficient (Wildman–Crippen LogP) is 1.67. The van der Waals surface area contributed by atoms with Crippen LogP contribution < -0.4 is 10.5 Å². The molecule has 2 aromatic heterocycles. The molecule has 3 N–H and O–H groups in total. The fraction of sp³-hybridized carbons (Fsp3) is 0.385. The lowest BCUT2D eigenvalue weighted by Gasteiger charge is -2.14. The molecule has 0 fully saturated rings. The molecule has 0 amide bonds. The first-order valence-corrected chi connectivity index (χ1v) is 5.87. The smallest absolute Gasteiger partial charge is 0.128 e. The molecular weight excluding hydrogens is 228 g/mol. The fourth-order valence-electron chi connectivity index (χ4n) is 2.06. The van der Waals surface area contributed by atoms with Gasteiger partial charge in [-0.1, -0.05) is 0 Å². The maximum absolute atomic E-state index is 6.10. The van der Waals surface area contributed by atoms with Crippen LogP contribution in [0.1, 0.15) is 28.7 Å². The van der Waals surface area contributed by atoms with Crippen molar-refractivity contribution in [2.45, 2.75) is 26.3 Å². The highest BCUT2D eigenvalue weighted by Crippen LogP contribution is 2.25. The van der Waals surface area contributed by atoms with Gasteiger partial charge in [0.2, 0.25) is 0 Å². The predicted molar refractivity (Wildman–Crippen MR) is 69.5 cm³/mol. The van der Waals surface area contributed by atoms with E-state index in [0.717, 1.165) is 28.4 Å². The van der Waals surface area contributed by atoms with E-state index >= 15 is 0 Å². The first-order valence-electron chi connectivity index (χ1n) is 5.87. The molecule has 0 aliphatic rings. The Balaban J connectivity index is 2.24. The second-order valence-electron chi connectivity index (χ2n) is 4.33. The molecule has 0 bridgehead atoms. The zero-order valence-corrected chi connectivity index (χ0v) is 10.9. The van der Waals surface area contributed by atoms with E-state index in [1.807, 2.05) is 20.0 Å². The number of nitrogens with zero attached hydrogens (tertiary/aromatic N) is 2. The molecule has 5 nitrogen and oxygen atoms in total. The third kappa shape index (κ3) is 2.36. The monoisotopic (exact) mass is 246 g/mol. The summed E-state index contributed by atoms with van der Waals surface area (Å²) in [5.74, 6) is 1.65. The fourth-order valence-corrected chi connectivity index (χ4v) is 2.06. The van der Waals surface area contributed by atoms with Crippen LogP contribution in [0.2, 0.25) is 0 Å². The number of nitrogens with one attached hydrogen (secondary N) is 1. The Kier molecular flexibility index (Phi) is 3.62. The van der Waals surface area contributed by atoms with E-state index in [0.29, 0.717) is 6.42 Å². The van der Waals surface area contributed by atoms with Crippen molar-refractivity contribution in [3.05, 3.63) is 41.2 Å². The van der Waals surface area contributed by atoms with Gasteiger partial charge in [-0.25, -0.2) is 4.98 Å². The van der Waals surface area contributed by atoms with Crippen LogP contribution in [0, 0.1) is 13.8 Å². The summed E-state index contributed by atoms with van der Waals surface area (Å²) in [5.41, 5.74) is 9.11. The number of hydrogen-bond acceptors (Lipinski definition) is 4. The van der Waals surface area contributed by atoms with E-state index in [-0.39, 0.29) is 6.04 Å². The van der Waals surface area contributed by atoms with Crippen molar-refractivity contribution in [1.29, 1.82) is 0 Å². The highest BCUT2D eigenvalue weighted by atomic mass is 16.5. The topological polar surface area (TPSA) is 76.8 Å². The van der Waals surface area contributed by atoms with Gasteiger partial charge in [0.05, 0.1) is 13.2 Å². The van der Waals surface area contributed by atoms with E-state index in [1.165, 1.54) is 0 Å². The van der Waals surface area contributed by atoms with Crippen LogP contribution in [-0.2, 0) is 6.42 Å². The Hall–Kier alpha value is -1.88. The minimum Gasteiger partial charge on any atom is -0.496 e. The molecule has 0 spiro atoms. The van der Waals surface area contributed by atoms with E-state index in [2.05, 4.69) is 15.0 Å². The maximum Gasteiger partial charge on any atom is 0.128 e. The molecule has 18 heavy (non-hydrogen) atoms. The van der Waals surface area contributed by atoms with E-state index in [9.17, 15) is 0 Å². The summed E-state index contributed by atoms with van der Waals surface area (Å²) in [5, 5.41) is 0. The van der Waals surface area contributed by atoms with Gasteiger partial charge in [0.25, 0.3) is 0 Å². The zero-order valence-electron chi connectivity index (χ0n) is 10.9. The average molecular weight is 246 g/mol. The minimum absolute atomic E-state index is 0.182. The van der Waals surface area contributed by atoms with Crippen molar-refractivity contribution >= 4 is 0 Å². The second-order valence-corrected chi connectivity index (χ2v) is 4.33. The number of ether oxygens (including phenoxy) is 1. The lowest BCUT2D eigenvalue weighted by Crippen LogP contribution is -2.16. The highest BCUT2D eigenvalue weighted by molar-refractivity contribution is 5.41. The summed E-state index contributed by atoms with van der Waals surface area (Å²) >= 11 is 0. The number of imidazole rings is 1. The molecule has 96 valence electrons. The van der Waals surface area contributed by atoms with Gasteiger partial charge in [0, 0.05) is 41.8 Å². The van der Waals surface area contributed by atoms with Gasteiger partial charge in [-0.15, -0.1) is 0 Å². The summed E-state index contributed by atoms with van der Waals surface area (Å²) in [6, 6.07) is -0.182. The summed E-state index contributed by atoms with van der Waals surface area (Å²) in [6.45, 7) is 3.98. The summed E-state index contributed by atoms with van der Waals surface area (Å²) in [6.07, 6.45) is 5.92. The first kappa shape index (κ1) is 12.6. The quantitative estimate of drug-likeness (QED) is 0.860.